The first kappa shape index (κ1) is 24.4. The largest absolute Gasteiger partial charge is 0.394 e. The normalized spacial score (nSPS) is 12.4. The fourth-order valence-corrected chi connectivity index (χ4v) is 4.35. The highest BCUT2D eigenvalue weighted by atomic mass is 16.3. The number of hydrogen-bond acceptors (Lipinski definition) is 5. The summed E-state index contributed by atoms with van der Waals surface area (Å²) in [4.78, 5) is 38.5. The molecule has 9 heteroatoms. The van der Waals surface area contributed by atoms with E-state index in [1.165, 1.54) is 0 Å². The maximum Gasteiger partial charge on any atom is 0.270 e. The third kappa shape index (κ3) is 5.19. The topological polar surface area (TPSA) is 124 Å². The van der Waals surface area contributed by atoms with Gasteiger partial charge in [0.25, 0.3) is 11.8 Å². The molecule has 1 aromatic carbocycles. The Morgan fingerprint density at radius 1 is 1.17 bits per heavy atom. The molecule has 0 aliphatic rings. The second-order valence-corrected chi connectivity index (χ2v) is 9.22. The molecular weight excluding hydrogens is 444 g/mol. The van der Waals surface area contributed by atoms with E-state index in [-0.39, 0.29) is 24.5 Å². The van der Waals surface area contributed by atoms with Gasteiger partial charge in [-0.15, -0.1) is 0 Å². The number of amides is 2. The number of hydrogen-bond donors (Lipinski definition) is 4. The number of aromatic amines is 1. The fourth-order valence-electron chi connectivity index (χ4n) is 4.35. The number of carbonyl (C=O) groups excluding carboxylic acids is 2. The number of imidazole rings is 2. The van der Waals surface area contributed by atoms with E-state index in [4.69, 9.17) is 0 Å². The summed E-state index contributed by atoms with van der Waals surface area (Å²) in [6.07, 6.45) is 2.93. The molecule has 3 heterocycles. The van der Waals surface area contributed by atoms with Crippen LogP contribution in [0.15, 0.2) is 36.5 Å². The van der Waals surface area contributed by atoms with Crippen LogP contribution in [0.3, 0.4) is 0 Å². The number of nitrogens with zero attached hydrogens (tertiary/aromatic N) is 3. The molecule has 4 aromatic rings. The van der Waals surface area contributed by atoms with Gasteiger partial charge in [0.05, 0.1) is 34.9 Å². The SMILES string of the molecule is CCc1nc2c(C(=O)NCc3ccc4nc(C)[nH]c4c3)cccn2c1C(=O)N[C@H](CO)CC(C)C. The molecule has 35 heavy (non-hydrogen) atoms. The number of aliphatic hydroxyl groups is 1. The van der Waals surface area contributed by atoms with Gasteiger partial charge in [-0.3, -0.25) is 14.0 Å². The summed E-state index contributed by atoms with van der Waals surface area (Å²) in [6.45, 7) is 8.11. The molecule has 0 saturated carbocycles. The van der Waals surface area contributed by atoms with Crippen molar-refractivity contribution in [2.45, 2.75) is 53.1 Å². The van der Waals surface area contributed by atoms with Gasteiger partial charge in [-0.25, -0.2) is 9.97 Å². The smallest absolute Gasteiger partial charge is 0.270 e. The monoisotopic (exact) mass is 476 g/mol. The van der Waals surface area contributed by atoms with Gasteiger partial charge < -0.3 is 20.7 Å². The van der Waals surface area contributed by atoms with Crippen molar-refractivity contribution in [1.82, 2.24) is 30.0 Å². The summed E-state index contributed by atoms with van der Waals surface area (Å²) < 4.78 is 1.66. The first-order valence-electron chi connectivity index (χ1n) is 12.0. The van der Waals surface area contributed by atoms with E-state index in [1.807, 2.05) is 45.9 Å². The molecule has 0 aliphatic carbocycles. The molecule has 3 aromatic heterocycles. The number of aliphatic hydroxyl groups excluding tert-OH is 1. The summed E-state index contributed by atoms with van der Waals surface area (Å²) >= 11 is 0. The van der Waals surface area contributed by atoms with Gasteiger partial charge in [-0.1, -0.05) is 26.8 Å². The summed E-state index contributed by atoms with van der Waals surface area (Å²) in [7, 11) is 0. The highest BCUT2D eigenvalue weighted by molar-refractivity contribution is 6.01. The summed E-state index contributed by atoms with van der Waals surface area (Å²) in [5, 5.41) is 15.6. The Hall–Kier alpha value is -3.72. The maximum atomic E-state index is 13.2. The van der Waals surface area contributed by atoms with Gasteiger partial charge in [-0.05, 0) is 55.5 Å². The predicted molar refractivity (Wildman–Crippen MR) is 134 cm³/mol. The lowest BCUT2D eigenvalue weighted by Crippen LogP contribution is -2.39. The van der Waals surface area contributed by atoms with Crippen LogP contribution in [-0.4, -0.2) is 48.9 Å². The molecule has 0 bridgehead atoms. The van der Waals surface area contributed by atoms with Crippen molar-refractivity contribution in [1.29, 1.82) is 0 Å². The van der Waals surface area contributed by atoms with E-state index >= 15 is 0 Å². The second-order valence-electron chi connectivity index (χ2n) is 9.22. The van der Waals surface area contributed by atoms with Crippen molar-refractivity contribution in [2.24, 2.45) is 5.92 Å². The molecular formula is C26H32N6O3. The molecule has 2 amide bonds. The van der Waals surface area contributed by atoms with Crippen molar-refractivity contribution < 1.29 is 14.7 Å². The Morgan fingerprint density at radius 3 is 2.69 bits per heavy atom. The van der Waals surface area contributed by atoms with E-state index in [9.17, 15) is 14.7 Å². The van der Waals surface area contributed by atoms with Crippen LogP contribution in [0.4, 0.5) is 0 Å². The first-order valence-corrected chi connectivity index (χ1v) is 12.0. The van der Waals surface area contributed by atoms with E-state index in [0.717, 1.165) is 22.4 Å². The van der Waals surface area contributed by atoms with E-state index in [0.29, 0.717) is 47.9 Å². The molecule has 0 aliphatic heterocycles. The zero-order valence-electron chi connectivity index (χ0n) is 20.6. The van der Waals surface area contributed by atoms with Gasteiger partial charge >= 0.3 is 0 Å². The lowest BCUT2D eigenvalue weighted by atomic mass is 10.0. The Balaban J connectivity index is 1.58. The van der Waals surface area contributed by atoms with Crippen LogP contribution < -0.4 is 10.6 Å². The van der Waals surface area contributed by atoms with E-state index in [1.54, 1.807) is 22.7 Å². The number of benzene rings is 1. The van der Waals surface area contributed by atoms with Gasteiger partial charge in [0.15, 0.2) is 5.65 Å². The van der Waals surface area contributed by atoms with Crippen LogP contribution in [0.25, 0.3) is 16.7 Å². The van der Waals surface area contributed by atoms with Crippen LogP contribution in [-0.2, 0) is 13.0 Å². The first-order chi connectivity index (χ1) is 16.8. The number of nitrogens with one attached hydrogen (secondary N) is 3. The average Bonchev–Trinajstić information content (AvgIpc) is 3.40. The highest BCUT2D eigenvalue weighted by Crippen LogP contribution is 2.19. The van der Waals surface area contributed by atoms with Gasteiger partial charge in [0, 0.05) is 12.7 Å². The lowest BCUT2D eigenvalue weighted by molar-refractivity contribution is 0.0899. The Morgan fingerprint density at radius 2 is 1.97 bits per heavy atom. The van der Waals surface area contributed by atoms with E-state index < -0.39 is 0 Å². The summed E-state index contributed by atoms with van der Waals surface area (Å²) in [5.41, 5.74) is 4.56. The molecule has 1 atom stereocenters. The van der Waals surface area contributed by atoms with Crippen molar-refractivity contribution in [3.8, 4) is 0 Å². The van der Waals surface area contributed by atoms with Gasteiger partial charge in [0.1, 0.15) is 11.5 Å². The number of carbonyl (C=O) groups is 2. The van der Waals surface area contributed by atoms with Crippen LogP contribution in [0.2, 0.25) is 0 Å². The molecule has 0 spiro atoms. The summed E-state index contributed by atoms with van der Waals surface area (Å²) in [6, 6.07) is 8.92. The van der Waals surface area contributed by atoms with Crippen molar-refractivity contribution in [3.05, 3.63) is 64.9 Å². The van der Waals surface area contributed by atoms with Crippen molar-refractivity contribution in [2.75, 3.05) is 6.61 Å². The minimum atomic E-state index is -0.347. The predicted octanol–water partition coefficient (Wildman–Crippen LogP) is 3.15. The Labute approximate surface area is 204 Å². The molecule has 0 saturated heterocycles. The Bertz CT molecular complexity index is 1370. The van der Waals surface area contributed by atoms with Crippen LogP contribution >= 0.6 is 0 Å². The zero-order valence-corrected chi connectivity index (χ0v) is 20.6. The van der Waals surface area contributed by atoms with Gasteiger partial charge in [-0.2, -0.15) is 0 Å². The molecule has 4 N–H and O–H groups in total. The number of rotatable bonds is 9. The fraction of sp³-hybridized carbons (Fsp3) is 0.385. The number of aryl methyl sites for hydroxylation is 2. The third-order valence-corrected chi connectivity index (χ3v) is 5.95. The molecule has 9 nitrogen and oxygen atoms in total. The van der Waals surface area contributed by atoms with Crippen LogP contribution in [0.5, 0.6) is 0 Å². The summed E-state index contributed by atoms with van der Waals surface area (Å²) in [5.74, 6) is 0.584. The molecule has 184 valence electrons. The zero-order chi connectivity index (χ0) is 25.1. The number of H-pyrrole nitrogens is 1. The number of fused-ring (bicyclic) bond motifs is 2. The van der Waals surface area contributed by atoms with Crippen molar-refractivity contribution in [3.63, 3.8) is 0 Å². The number of aromatic nitrogens is 4. The minimum Gasteiger partial charge on any atom is -0.394 e. The third-order valence-electron chi connectivity index (χ3n) is 5.95. The molecule has 0 fully saturated rings. The molecule has 0 radical (unpaired) electrons. The average molecular weight is 477 g/mol. The minimum absolute atomic E-state index is 0.139. The lowest BCUT2D eigenvalue weighted by Gasteiger charge is -2.18. The standard InChI is InChI=1S/C26H32N6O3/c1-5-20-23(26(35)30-18(14-33)11-15(2)3)32-10-6-7-19(24(32)31-20)25(34)27-13-17-8-9-21-22(12-17)29-16(4)28-21/h6-10,12,15,18,33H,5,11,13-14H2,1-4H3,(H,27,34)(H,28,29)(H,30,35)/t18-/m0/s1. The van der Waals surface area contributed by atoms with E-state index in [2.05, 4.69) is 25.6 Å². The molecule has 4 rings (SSSR count). The number of pyridine rings is 1. The highest BCUT2D eigenvalue weighted by Gasteiger charge is 2.24. The second kappa shape index (κ2) is 10.3. The van der Waals surface area contributed by atoms with Gasteiger partial charge in [0.2, 0.25) is 0 Å². The van der Waals surface area contributed by atoms with Crippen molar-refractivity contribution >= 4 is 28.5 Å². The van der Waals surface area contributed by atoms with Crippen LogP contribution in [0.1, 0.15) is 65.1 Å². The van der Waals surface area contributed by atoms with Crippen LogP contribution in [0, 0.1) is 12.8 Å². The Kier molecular flexibility index (Phi) is 7.16. The quantitative estimate of drug-likeness (QED) is 0.295. The molecule has 0 unspecified atom stereocenters. The maximum absolute atomic E-state index is 13.2.